The largest absolute Gasteiger partial charge is 0.351 e. The molecule has 0 saturated heterocycles. The third-order valence-electron chi connectivity index (χ3n) is 6.00. The first-order valence-corrected chi connectivity index (χ1v) is 10.4. The van der Waals surface area contributed by atoms with Crippen LogP contribution in [0.4, 0.5) is 0 Å². The number of halogens is 2. The number of ether oxygens (including phenoxy) is 2. The maximum atomic E-state index is 13.2. The van der Waals surface area contributed by atoms with E-state index in [1.807, 2.05) is 13.1 Å². The number of methoxy groups -OCH3 is 2. The van der Waals surface area contributed by atoms with Crippen molar-refractivity contribution in [1.29, 1.82) is 0 Å². The summed E-state index contributed by atoms with van der Waals surface area (Å²) in [4.78, 5) is 17.4. The van der Waals surface area contributed by atoms with Gasteiger partial charge in [-0.25, -0.2) is 0 Å². The molecule has 0 N–H and O–H groups in total. The molecule has 1 saturated carbocycles. The van der Waals surface area contributed by atoms with Gasteiger partial charge in [0, 0.05) is 46.8 Å². The smallest absolute Gasteiger partial charge is 0.227 e. The monoisotopic (exact) mass is 426 g/mol. The van der Waals surface area contributed by atoms with Crippen molar-refractivity contribution in [3.8, 4) is 0 Å². The Bertz CT molecular complexity index is 728. The van der Waals surface area contributed by atoms with Crippen LogP contribution < -0.4 is 0 Å². The lowest BCUT2D eigenvalue weighted by molar-refractivity contribution is -0.264. The van der Waals surface area contributed by atoms with E-state index in [-0.39, 0.29) is 24.4 Å². The van der Waals surface area contributed by atoms with E-state index < -0.39 is 5.79 Å². The van der Waals surface area contributed by atoms with Gasteiger partial charge in [0.2, 0.25) is 5.91 Å². The molecule has 3 rings (SSSR count). The molecule has 1 amide bonds. The van der Waals surface area contributed by atoms with Crippen LogP contribution in [0.1, 0.15) is 24.8 Å². The average Bonchev–Trinajstić information content (AvgIpc) is 3.24. The Morgan fingerprint density at radius 2 is 1.89 bits per heavy atom. The van der Waals surface area contributed by atoms with E-state index in [1.165, 1.54) is 0 Å². The van der Waals surface area contributed by atoms with E-state index in [0.29, 0.717) is 10.0 Å². The highest BCUT2D eigenvalue weighted by Crippen LogP contribution is 2.38. The number of hydrogen-bond acceptors (Lipinski definition) is 4. The molecule has 0 bridgehead atoms. The molecule has 1 fully saturated rings. The third-order valence-corrected chi connectivity index (χ3v) is 6.74. The highest BCUT2D eigenvalue weighted by atomic mass is 35.5. The number of hydrogen-bond donors (Lipinski definition) is 0. The maximum absolute atomic E-state index is 13.2. The van der Waals surface area contributed by atoms with Crippen LogP contribution in [0.15, 0.2) is 30.4 Å². The van der Waals surface area contributed by atoms with Crippen molar-refractivity contribution in [2.24, 2.45) is 0 Å². The van der Waals surface area contributed by atoms with Gasteiger partial charge in [0.15, 0.2) is 5.79 Å². The number of amides is 1. The van der Waals surface area contributed by atoms with Crippen LogP contribution in [-0.4, -0.2) is 67.9 Å². The fourth-order valence-electron chi connectivity index (χ4n) is 4.49. The van der Waals surface area contributed by atoms with Crippen LogP contribution in [0, 0.1) is 0 Å². The van der Waals surface area contributed by atoms with Crippen LogP contribution in [0.25, 0.3) is 0 Å². The molecule has 2 unspecified atom stereocenters. The molecule has 7 heteroatoms. The minimum atomic E-state index is -0.812. The van der Waals surface area contributed by atoms with Gasteiger partial charge in [0.25, 0.3) is 0 Å². The van der Waals surface area contributed by atoms with Crippen molar-refractivity contribution >= 4 is 29.1 Å². The van der Waals surface area contributed by atoms with E-state index >= 15 is 0 Å². The summed E-state index contributed by atoms with van der Waals surface area (Å²) in [6.45, 7) is 1.78. The number of nitrogens with zero attached hydrogens (tertiary/aromatic N) is 2. The van der Waals surface area contributed by atoms with E-state index in [2.05, 4.69) is 17.1 Å². The maximum Gasteiger partial charge on any atom is 0.227 e. The fourth-order valence-corrected chi connectivity index (χ4v) is 4.81. The van der Waals surface area contributed by atoms with Crippen LogP contribution in [0.2, 0.25) is 10.0 Å². The standard InChI is InChI=1S/C21H28Cl2N2O3/c1-24(19(26)14-15-8-9-16(22)17(23)13-15)20-18(25-11-4-5-12-25)7-6-10-21(20,27-2)28-3/h4-5,8-9,13,18,20H,6-7,10-12,14H2,1-3H3. The Hall–Kier alpha value is -1.11. The number of benzene rings is 1. The summed E-state index contributed by atoms with van der Waals surface area (Å²) in [5.41, 5.74) is 0.835. The molecular formula is C21H28Cl2N2O3. The second-order valence-electron chi connectivity index (χ2n) is 7.48. The summed E-state index contributed by atoms with van der Waals surface area (Å²) in [7, 11) is 5.18. The van der Waals surface area contributed by atoms with Crippen molar-refractivity contribution in [2.75, 3.05) is 34.4 Å². The van der Waals surface area contributed by atoms with E-state index in [0.717, 1.165) is 37.9 Å². The molecule has 5 nitrogen and oxygen atoms in total. The van der Waals surface area contributed by atoms with Gasteiger partial charge < -0.3 is 14.4 Å². The molecule has 0 spiro atoms. The second kappa shape index (κ2) is 9.14. The predicted octanol–water partition coefficient (Wildman–Crippen LogP) is 3.78. The molecule has 1 aromatic carbocycles. The first-order chi connectivity index (χ1) is 13.4. The molecule has 1 aliphatic heterocycles. The normalized spacial score (nSPS) is 24.5. The molecule has 1 aromatic rings. The van der Waals surface area contributed by atoms with Gasteiger partial charge in [0.05, 0.1) is 16.5 Å². The van der Waals surface area contributed by atoms with E-state index in [9.17, 15) is 4.79 Å². The summed E-state index contributed by atoms with van der Waals surface area (Å²) in [5, 5.41) is 0.939. The van der Waals surface area contributed by atoms with Gasteiger partial charge in [0.1, 0.15) is 6.04 Å². The fraction of sp³-hybridized carbons (Fsp3) is 0.571. The predicted molar refractivity (Wildman–Crippen MR) is 112 cm³/mol. The zero-order valence-corrected chi connectivity index (χ0v) is 18.2. The van der Waals surface area contributed by atoms with E-state index in [4.69, 9.17) is 32.7 Å². The van der Waals surface area contributed by atoms with Crippen molar-refractivity contribution in [3.05, 3.63) is 46.0 Å². The number of rotatable bonds is 6. The third kappa shape index (κ3) is 4.24. The topological polar surface area (TPSA) is 42.0 Å². The highest BCUT2D eigenvalue weighted by Gasteiger charge is 2.51. The number of carbonyl (C=O) groups is 1. The van der Waals surface area contributed by atoms with Gasteiger partial charge in [-0.1, -0.05) is 41.4 Å². The van der Waals surface area contributed by atoms with Crippen LogP contribution >= 0.6 is 23.2 Å². The lowest BCUT2D eigenvalue weighted by Gasteiger charge is -2.51. The molecule has 154 valence electrons. The summed E-state index contributed by atoms with van der Waals surface area (Å²) < 4.78 is 11.8. The van der Waals surface area contributed by atoms with Crippen molar-refractivity contribution in [3.63, 3.8) is 0 Å². The van der Waals surface area contributed by atoms with Gasteiger partial charge in [-0.05, 0) is 30.5 Å². The summed E-state index contributed by atoms with van der Waals surface area (Å²) in [6.07, 6.45) is 7.35. The molecule has 0 aromatic heterocycles. The molecule has 1 aliphatic carbocycles. The Kier molecular flexibility index (Phi) is 7.05. The highest BCUT2D eigenvalue weighted by molar-refractivity contribution is 6.42. The first-order valence-electron chi connectivity index (χ1n) is 9.61. The molecule has 2 aliphatic rings. The Balaban J connectivity index is 1.85. The van der Waals surface area contributed by atoms with Gasteiger partial charge in [-0.2, -0.15) is 0 Å². The lowest BCUT2D eigenvalue weighted by atomic mass is 9.82. The van der Waals surface area contributed by atoms with Gasteiger partial charge in [-0.15, -0.1) is 0 Å². The minimum Gasteiger partial charge on any atom is -0.351 e. The minimum absolute atomic E-state index is 0.000852. The quantitative estimate of drug-likeness (QED) is 0.512. The summed E-state index contributed by atoms with van der Waals surface area (Å²) in [5.74, 6) is -0.811. The molecule has 0 radical (unpaired) electrons. The lowest BCUT2D eigenvalue weighted by Crippen LogP contribution is -2.66. The Labute approximate surface area is 177 Å². The second-order valence-corrected chi connectivity index (χ2v) is 8.29. The van der Waals surface area contributed by atoms with E-state index in [1.54, 1.807) is 31.3 Å². The van der Waals surface area contributed by atoms with Crippen LogP contribution in [0.5, 0.6) is 0 Å². The number of carbonyl (C=O) groups excluding carboxylic acids is 1. The van der Waals surface area contributed by atoms with Crippen LogP contribution in [-0.2, 0) is 20.7 Å². The molecular weight excluding hydrogens is 399 g/mol. The Morgan fingerprint density at radius 3 is 2.50 bits per heavy atom. The summed E-state index contributed by atoms with van der Waals surface area (Å²) in [6, 6.07) is 5.28. The number of likely N-dealkylation sites (N-methyl/N-ethyl adjacent to an activating group) is 1. The molecule has 28 heavy (non-hydrogen) atoms. The molecule has 1 heterocycles. The molecule has 2 atom stereocenters. The zero-order chi connectivity index (χ0) is 20.3. The van der Waals surface area contributed by atoms with Crippen molar-refractivity contribution < 1.29 is 14.3 Å². The van der Waals surface area contributed by atoms with Crippen LogP contribution in [0.3, 0.4) is 0 Å². The SMILES string of the molecule is COC1(OC)CCCC(N2CC=CC2)C1N(C)C(=O)Cc1ccc(Cl)c(Cl)c1. The van der Waals surface area contributed by atoms with Crippen molar-refractivity contribution in [1.82, 2.24) is 9.80 Å². The summed E-state index contributed by atoms with van der Waals surface area (Å²) >= 11 is 12.1. The van der Waals surface area contributed by atoms with Gasteiger partial charge >= 0.3 is 0 Å². The Morgan fingerprint density at radius 1 is 1.21 bits per heavy atom. The van der Waals surface area contributed by atoms with Crippen molar-refractivity contribution in [2.45, 2.75) is 43.6 Å². The average molecular weight is 427 g/mol. The first kappa shape index (κ1) is 21.6. The zero-order valence-electron chi connectivity index (χ0n) is 16.7. The van der Waals surface area contributed by atoms with Gasteiger partial charge in [-0.3, -0.25) is 9.69 Å².